The number of amides is 1. The van der Waals surface area contributed by atoms with E-state index in [1.807, 2.05) is 11.4 Å². The van der Waals surface area contributed by atoms with Gasteiger partial charge in [-0.25, -0.2) is 8.42 Å². The van der Waals surface area contributed by atoms with Crippen LogP contribution in [0.2, 0.25) is 0 Å². The highest BCUT2D eigenvalue weighted by Gasteiger charge is 2.38. The minimum atomic E-state index is -3.42. The Bertz CT molecular complexity index is 519. The molecule has 0 aliphatic heterocycles. The van der Waals surface area contributed by atoms with Gasteiger partial charge in [-0.2, -0.15) is 0 Å². The lowest BCUT2D eigenvalue weighted by Crippen LogP contribution is -2.47. The van der Waals surface area contributed by atoms with Crippen molar-refractivity contribution in [2.45, 2.75) is 25.1 Å². The Hall–Kier alpha value is -0.400. The average Bonchev–Trinajstić information content (AvgIpc) is 2.58. The predicted octanol–water partition coefficient (Wildman–Crippen LogP) is 1.95. The summed E-state index contributed by atoms with van der Waals surface area (Å²) in [6.07, 6.45) is 1.06. The van der Waals surface area contributed by atoms with E-state index in [4.69, 9.17) is 0 Å². The van der Waals surface area contributed by atoms with Crippen LogP contribution < -0.4 is 5.32 Å². The molecule has 0 fully saturated rings. The number of thiophene rings is 1. The Labute approximate surface area is 113 Å². The lowest BCUT2D eigenvalue weighted by atomic mass is 10.2. The molecule has 0 spiro atoms. The Morgan fingerprint density at radius 3 is 2.53 bits per heavy atom. The van der Waals surface area contributed by atoms with Gasteiger partial charge in [0.15, 0.2) is 9.84 Å². The van der Waals surface area contributed by atoms with Crippen molar-refractivity contribution in [1.82, 2.24) is 5.32 Å². The van der Waals surface area contributed by atoms with E-state index >= 15 is 0 Å². The fourth-order valence-electron chi connectivity index (χ4n) is 0.995. The first kappa shape index (κ1) is 14.7. The molecule has 4 nitrogen and oxygen atoms in total. The molecule has 0 saturated carbocycles. The van der Waals surface area contributed by atoms with Gasteiger partial charge in [-0.05, 0) is 35.8 Å². The number of carbonyl (C=O) groups is 1. The largest absolute Gasteiger partial charge is 0.350 e. The van der Waals surface area contributed by atoms with Crippen LogP contribution in [0.15, 0.2) is 15.9 Å². The van der Waals surface area contributed by atoms with E-state index in [-0.39, 0.29) is 0 Å². The summed E-state index contributed by atoms with van der Waals surface area (Å²) < 4.78 is 22.4. The molecule has 0 radical (unpaired) electrons. The van der Waals surface area contributed by atoms with Gasteiger partial charge in [0.25, 0.3) is 0 Å². The molecule has 1 heterocycles. The van der Waals surface area contributed by atoms with Gasteiger partial charge in [0.1, 0.15) is 4.75 Å². The molecule has 1 aromatic heterocycles. The van der Waals surface area contributed by atoms with E-state index in [2.05, 4.69) is 21.2 Å². The van der Waals surface area contributed by atoms with Crippen molar-refractivity contribution < 1.29 is 13.2 Å². The number of sulfone groups is 1. The van der Waals surface area contributed by atoms with Crippen LogP contribution in [0.5, 0.6) is 0 Å². The molecule has 1 rings (SSSR count). The second kappa shape index (κ2) is 5.07. The van der Waals surface area contributed by atoms with Crippen LogP contribution in [0.4, 0.5) is 0 Å². The summed E-state index contributed by atoms with van der Waals surface area (Å²) in [4.78, 5) is 12.8. The van der Waals surface area contributed by atoms with Crippen LogP contribution in [0, 0.1) is 0 Å². The first-order chi connectivity index (χ1) is 7.64. The third kappa shape index (κ3) is 3.53. The number of hydrogen-bond donors (Lipinski definition) is 1. The standard InChI is InChI=1S/C10H14BrNO3S2/c1-10(2,17(3,14)15)9(13)12-5-8-4-7(11)6-16-8/h4,6H,5H2,1-3H3,(H,12,13). The summed E-state index contributed by atoms with van der Waals surface area (Å²) >= 11 is 4.81. The van der Waals surface area contributed by atoms with E-state index in [9.17, 15) is 13.2 Å². The van der Waals surface area contributed by atoms with E-state index in [1.54, 1.807) is 0 Å². The summed E-state index contributed by atoms with van der Waals surface area (Å²) in [7, 11) is -3.42. The third-order valence-corrected chi connectivity index (χ3v) is 6.26. The van der Waals surface area contributed by atoms with Gasteiger partial charge in [-0.3, -0.25) is 4.79 Å². The van der Waals surface area contributed by atoms with Gasteiger partial charge in [-0.15, -0.1) is 11.3 Å². The van der Waals surface area contributed by atoms with Crippen LogP contribution >= 0.6 is 27.3 Å². The minimum Gasteiger partial charge on any atom is -0.350 e. The second-order valence-corrected chi connectivity index (χ2v) is 8.67. The van der Waals surface area contributed by atoms with Crippen molar-refractivity contribution in [3.63, 3.8) is 0 Å². The number of carbonyl (C=O) groups excluding carboxylic acids is 1. The smallest absolute Gasteiger partial charge is 0.241 e. The molecule has 96 valence electrons. The zero-order chi connectivity index (χ0) is 13.3. The quantitative estimate of drug-likeness (QED) is 0.911. The molecule has 0 aromatic carbocycles. The highest BCUT2D eigenvalue weighted by Crippen LogP contribution is 2.20. The van der Waals surface area contributed by atoms with Crippen molar-refractivity contribution in [1.29, 1.82) is 0 Å². The molecule has 0 unspecified atom stereocenters. The van der Waals surface area contributed by atoms with Crippen molar-refractivity contribution in [3.05, 3.63) is 20.8 Å². The molecule has 0 aliphatic rings. The van der Waals surface area contributed by atoms with E-state index in [0.717, 1.165) is 15.6 Å². The number of hydrogen-bond acceptors (Lipinski definition) is 4. The third-order valence-electron chi connectivity index (χ3n) is 2.52. The number of nitrogens with one attached hydrogen (secondary N) is 1. The average molecular weight is 340 g/mol. The lowest BCUT2D eigenvalue weighted by Gasteiger charge is -2.21. The molecule has 0 saturated heterocycles. The Morgan fingerprint density at radius 1 is 1.53 bits per heavy atom. The van der Waals surface area contributed by atoms with Crippen molar-refractivity contribution >= 4 is 43.0 Å². The van der Waals surface area contributed by atoms with E-state index < -0.39 is 20.5 Å². The summed E-state index contributed by atoms with van der Waals surface area (Å²) in [6, 6.07) is 1.89. The first-order valence-electron chi connectivity index (χ1n) is 4.85. The number of halogens is 1. The molecule has 0 aliphatic carbocycles. The Kier molecular flexibility index (Phi) is 4.38. The van der Waals surface area contributed by atoms with Gasteiger partial charge in [0, 0.05) is 21.0 Å². The van der Waals surface area contributed by atoms with Crippen LogP contribution in [-0.4, -0.2) is 25.3 Å². The van der Waals surface area contributed by atoms with Crippen molar-refractivity contribution in [2.24, 2.45) is 0 Å². The van der Waals surface area contributed by atoms with E-state index in [0.29, 0.717) is 6.54 Å². The predicted molar refractivity (Wildman–Crippen MR) is 72.8 cm³/mol. The maximum absolute atomic E-state index is 11.8. The highest BCUT2D eigenvalue weighted by atomic mass is 79.9. The van der Waals surface area contributed by atoms with Crippen LogP contribution in [-0.2, 0) is 21.2 Å². The van der Waals surface area contributed by atoms with Gasteiger partial charge in [0.2, 0.25) is 5.91 Å². The SMILES string of the molecule is CC(C)(C(=O)NCc1cc(Br)cs1)S(C)(=O)=O. The van der Waals surface area contributed by atoms with Crippen LogP contribution in [0.1, 0.15) is 18.7 Å². The van der Waals surface area contributed by atoms with Gasteiger partial charge in [0.05, 0.1) is 6.54 Å². The molecule has 17 heavy (non-hydrogen) atoms. The lowest BCUT2D eigenvalue weighted by molar-refractivity contribution is -0.123. The monoisotopic (exact) mass is 339 g/mol. The molecule has 1 aromatic rings. The summed E-state index contributed by atoms with van der Waals surface area (Å²) in [5.41, 5.74) is 0. The molecular weight excluding hydrogens is 326 g/mol. The zero-order valence-electron chi connectivity index (χ0n) is 9.78. The molecule has 1 N–H and O–H groups in total. The van der Waals surface area contributed by atoms with E-state index in [1.165, 1.54) is 25.2 Å². The Morgan fingerprint density at radius 2 is 2.12 bits per heavy atom. The maximum atomic E-state index is 11.8. The van der Waals surface area contributed by atoms with Crippen molar-refractivity contribution in [3.8, 4) is 0 Å². The molecule has 0 atom stereocenters. The molecule has 1 amide bonds. The summed E-state index contributed by atoms with van der Waals surface area (Å²) in [5.74, 6) is -0.482. The van der Waals surface area contributed by atoms with Crippen LogP contribution in [0.25, 0.3) is 0 Å². The summed E-state index contributed by atoms with van der Waals surface area (Å²) in [5, 5.41) is 4.54. The normalized spacial score (nSPS) is 12.5. The molecule has 0 bridgehead atoms. The summed E-state index contributed by atoms with van der Waals surface area (Å²) in [6.45, 7) is 3.15. The maximum Gasteiger partial charge on any atom is 0.241 e. The Balaban J connectivity index is 2.68. The minimum absolute atomic E-state index is 0.341. The first-order valence-corrected chi connectivity index (χ1v) is 8.42. The van der Waals surface area contributed by atoms with Crippen molar-refractivity contribution in [2.75, 3.05) is 6.26 Å². The van der Waals surface area contributed by atoms with Crippen LogP contribution in [0.3, 0.4) is 0 Å². The highest BCUT2D eigenvalue weighted by molar-refractivity contribution is 9.10. The topological polar surface area (TPSA) is 63.2 Å². The molecule has 7 heteroatoms. The zero-order valence-corrected chi connectivity index (χ0v) is 13.0. The second-order valence-electron chi connectivity index (χ2n) is 4.20. The molecular formula is C10H14BrNO3S2. The van der Waals surface area contributed by atoms with Gasteiger partial charge in [-0.1, -0.05) is 0 Å². The van der Waals surface area contributed by atoms with Gasteiger partial charge < -0.3 is 5.32 Å². The number of rotatable bonds is 4. The fourth-order valence-corrected chi connectivity index (χ4v) is 2.79. The fraction of sp³-hybridized carbons (Fsp3) is 0.500. The van der Waals surface area contributed by atoms with Gasteiger partial charge >= 0.3 is 0 Å².